The molecule has 14 heteroatoms. The zero-order chi connectivity index (χ0) is 22.0. The van der Waals surface area contributed by atoms with Gasteiger partial charge in [-0.2, -0.15) is 0 Å². The first kappa shape index (κ1) is 23.5. The van der Waals surface area contributed by atoms with E-state index >= 15 is 0 Å². The number of hydrogen-bond acceptors (Lipinski definition) is 8. The van der Waals surface area contributed by atoms with Crippen LogP contribution in [-0.4, -0.2) is 86.2 Å². The molecule has 0 aromatic carbocycles. The Hall–Kier alpha value is -3.52. The van der Waals surface area contributed by atoms with Gasteiger partial charge in [0, 0.05) is 18.3 Å². The van der Waals surface area contributed by atoms with Gasteiger partial charge in [0.2, 0.25) is 17.7 Å². The van der Waals surface area contributed by atoms with E-state index in [1.807, 2.05) is 0 Å². The number of H-pyrrole nitrogens is 1. The number of aliphatic carboxylic acids is 2. The normalized spacial score (nSPS) is 13.6. The van der Waals surface area contributed by atoms with Gasteiger partial charge in [0.1, 0.15) is 12.1 Å². The number of aromatic nitrogens is 2. The average Bonchev–Trinajstić information content (AvgIpc) is 3.15. The Morgan fingerprint density at radius 3 is 2.31 bits per heavy atom. The van der Waals surface area contributed by atoms with Crippen LogP contribution in [0.2, 0.25) is 0 Å². The van der Waals surface area contributed by atoms with E-state index in [4.69, 9.17) is 15.9 Å². The summed E-state index contributed by atoms with van der Waals surface area (Å²) >= 11 is 0. The van der Waals surface area contributed by atoms with Gasteiger partial charge >= 0.3 is 11.9 Å². The number of nitrogens with zero attached hydrogens (tertiary/aromatic N) is 1. The second-order valence-electron chi connectivity index (χ2n) is 5.91. The average molecular weight is 414 g/mol. The fraction of sp³-hybridized carbons (Fsp3) is 0.467. The van der Waals surface area contributed by atoms with Crippen LogP contribution in [0.5, 0.6) is 0 Å². The van der Waals surface area contributed by atoms with Crippen molar-refractivity contribution >= 4 is 29.7 Å². The van der Waals surface area contributed by atoms with Gasteiger partial charge in [-0.05, 0) is 0 Å². The smallest absolute Gasteiger partial charge is 0.326 e. The van der Waals surface area contributed by atoms with Crippen molar-refractivity contribution in [2.45, 2.75) is 31.0 Å². The van der Waals surface area contributed by atoms with Crippen molar-refractivity contribution in [3.8, 4) is 0 Å². The highest BCUT2D eigenvalue weighted by Crippen LogP contribution is 1.99. The van der Waals surface area contributed by atoms with Crippen LogP contribution in [0.1, 0.15) is 12.1 Å². The summed E-state index contributed by atoms with van der Waals surface area (Å²) in [4.78, 5) is 63.8. The predicted molar refractivity (Wildman–Crippen MR) is 94.1 cm³/mol. The number of aliphatic hydroxyl groups is 1. The van der Waals surface area contributed by atoms with Crippen molar-refractivity contribution in [2.75, 3.05) is 13.2 Å². The molecule has 0 radical (unpaired) electrons. The van der Waals surface area contributed by atoms with Crippen LogP contribution in [-0.2, 0) is 30.4 Å². The number of carbonyl (C=O) groups is 5. The van der Waals surface area contributed by atoms with E-state index in [9.17, 15) is 29.1 Å². The Morgan fingerprint density at radius 2 is 1.79 bits per heavy atom. The Bertz CT molecular complexity index is 737. The van der Waals surface area contributed by atoms with E-state index in [1.54, 1.807) is 0 Å². The Labute approximate surface area is 163 Å². The lowest BCUT2D eigenvalue weighted by atomic mass is 10.1. The SMILES string of the molecule is NC(CC(=O)O)C(=O)NC(CO)C(=O)NCC(=O)NC(Cc1cnc[nH]1)C(=O)O. The third kappa shape index (κ3) is 8.35. The lowest BCUT2D eigenvalue weighted by molar-refractivity contribution is -0.141. The van der Waals surface area contributed by atoms with Crippen LogP contribution >= 0.6 is 0 Å². The number of nitrogens with one attached hydrogen (secondary N) is 4. The first-order valence-electron chi connectivity index (χ1n) is 8.29. The minimum atomic E-state index is -1.48. The minimum absolute atomic E-state index is 0.0637. The second kappa shape index (κ2) is 11.4. The Kier molecular flexibility index (Phi) is 9.21. The van der Waals surface area contributed by atoms with Crippen LogP contribution < -0.4 is 21.7 Å². The van der Waals surface area contributed by atoms with Gasteiger partial charge in [-0.1, -0.05) is 0 Å². The minimum Gasteiger partial charge on any atom is -0.481 e. The number of hydrogen-bond donors (Lipinski definition) is 8. The number of aliphatic hydroxyl groups excluding tert-OH is 1. The number of carboxylic acid groups (broad SMARTS) is 2. The third-order valence-electron chi connectivity index (χ3n) is 3.58. The van der Waals surface area contributed by atoms with Crippen molar-refractivity contribution in [2.24, 2.45) is 5.73 Å². The molecule has 0 aliphatic heterocycles. The molecule has 3 amide bonds. The van der Waals surface area contributed by atoms with Crippen molar-refractivity contribution in [3.63, 3.8) is 0 Å². The van der Waals surface area contributed by atoms with Gasteiger partial charge in [0.25, 0.3) is 0 Å². The molecule has 0 aliphatic carbocycles. The molecule has 9 N–H and O–H groups in total. The number of aromatic amines is 1. The molecule has 0 fully saturated rings. The topological polar surface area (TPSA) is 237 Å². The summed E-state index contributed by atoms with van der Waals surface area (Å²) < 4.78 is 0. The van der Waals surface area contributed by atoms with E-state index in [1.165, 1.54) is 12.5 Å². The molecular weight excluding hydrogens is 392 g/mol. The monoisotopic (exact) mass is 414 g/mol. The molecule has 3 unspecified atom stereocenters. The van der Waals surface area contributed by atoms with Crippen molar-refractivity contribution < 1.29 is 39.3 Å². The molecule has 1 rings (SSSR count). The first-order valence-corrected chi connectivity index (χ1v) is 8.29. The summed E-state index contributed by atoms with van der Waals surface area (Å²) in [5, 5.41) is 33.4. The first-order chi connectivity index (χ1) is 13.6. The molecule has 0 bridgehead atoms. The summed E-state index contributed by atoms with van der Waals surface area (Å²) in [6.07, 6.45) is 2.00. The van der Waals surface area contributed by atoms with Gasteiger partial charge in [0.05, 0.1) is 31.9 Å². The quantitative estimate of drug-likeness (QED) is 0.164. The van der Waals surface area contributed by atoms with Crippen molar-refractivity contribution in [1.82, 2.24) is 25.9 Å². The van der Waals surface area contributed by atoms with E-state index in [0.717, 1.165) is 0 Å². The maximum absolute atomic E-state index is 12.0. The zero-order valence-electron chi connectivity index (χ0n) is 15.1. The molecule has 0 spiro atoms. The van der Waals surface area contributed by atoms with Gasteiger partial charge < -0.3 is 42.0 Å². The molecule has 14 nitrogen and oxygen atoms in total. The molecule has 3 atom stereocenters. The summed E-state index contributed by atoms with van der Waals surface area (Å²) in [5.41, 5.74) is 5.82. The van der Waals surface area contributed by atoms with Crippen LogP contribution in [0.3, 0.4) is 0 Å². The number of amides is 3. The lowest BCUT2D eigenvalue weighted by Crippen LogP contribution is -2.55. The molecule has 160 valence electrons. The lowest BCUT2D eigenvalue weighted by Gasteiger charge is -2.19. The number of carboxylic acids is 2. The fourth-order valence-corrected chi connectivity index (χ4v) is 2.11. The van der Waals surface area contributed by atoms with Crippen molar-refractivity contribution in [1.29, 1.82) is 0 Å². The number of nitrogens with two attached hydrogens (primary N) is 1. The highest BCUT2D eigenvalue weighted by Gasteiger charge is 2.26. The summed E-state index contributed by atoms with van der Waals surface area (Å²) in [6, 6.07) is -4.19. The molecule has 0 saturated heterocycles. The molecule has 1 aromatic heterocycles. The molecule has 0 aliphatic rings. The van der Waals surface area contributed by atoms with Crippen LogP contribution in [0.15, 0.2) is 12.5 Å². The molecule has 0 saturated carbocycles. The molecular formula is C15H22N6O8. The third-order valence-corrected chi connectivity index (χ3v) is 3.58. The second-order valence-corrected chi connectivity index (χ2v) is 5.91. The van der Waals surface area contributed by atoms with Crippen molar-refractivity contribution in [3.05, 3.63) is 18.2 Å². The molecule has 29 heavy (non-hydrogen) atoms. The van der Waals surface area contributed by atoms with Gasteiger partial charge in [-0.25, -0.2) is 9.78 Å². The fourth-order valence-electron chi connectivity index (χ4n) is 2.11. The van der Waals surface area contributed by atoms with E-state index < -0.39 is 67.4 Å². The van der Waals surface area contributed by atoms with E-state index in [2.05, 4.69) is 25.9 Å². The summed E-state index contributed by atoms with van der Waals surface area (Å²) in [6.45, 7) is -1.46. The number of carbonyl (C=O) groups excluding carboxylic acids is 3. The number of rotatable bonds is 12. The van der Waals surface area contributed by atoms with Crippen LogP contribution in [0.25, 0.3) is 0 Å². The molecule has 1 aromatic rings. The largest absolute Gasteiger partial charge is 0.481 e. The zero-order valence-corrected chi connectivity index (χ0v) is 15.1. The highest BCUT2D eigenvalue weighted by atomic mass is 16.4. The Morgan fingerprint density at radius 1 is 1.10 bits per heavy atom. The van der Waals surface area contributed by atoms with Gasteiger partial charge in [0.15, 0.2) is 0 Å². The van der Waals surface area contributed by atoms with Gasteiger partial charge in [-0.15, -0.1) is 0 Å². The van der Waals surface area contributed by atoms with E-state index in [-0.39, 0.29) is 6.42 Å². The predicted octanol–water partition coefficient (Wildman–Crippen LogP) is -4.08. The Balaban J connectivity index is 2.52. The van der Waals surface area contributed by atoms with Gasteiger partial charge in [-0.3, -0.25) is 19.2 Å². The maximum Gasteiger partial charge on any atom is 0.326 e. The standard InChI is InChI=1S/C15H22N6O8/c16-8(2-12(24)25)13(26)21-10(5-22)14(27)18-4-11(23)20-9(15(28)29)1-7-3-17-6-19-7/h3,6,8-10,22H,1-2,4-5,16H2,(H,17,19)(H,18,27)(H,20,23)(H,21,26)(H,24,25)(H,28,29). The van der Waals surface area contributed by atoms with E-state index in [0.29, 0.717) is 5.69 Å². The molecule has 1 heterocycles. The van der Waals surface area contributed by atoms with Crippen LogP contribution in [0.4, 0.5) is 0 Å². The maximum atomic E-state index is 12.0. The summed E-state index contributed by atoms with van der Waals surface area (Å²) in [5.74, 6) is -5.36. The van der Waals surface area contributed by atoms with Crippen LogP contribution in [0, 0.1) is 0 Å². The number of imidazole rings is 1. The highest BCUT2D eigenvalue weighted by molar-refractivity contribution is 5.93. The summed E-state index contributed by atoms with van der Waals surface area (Å²) in [7, 11) is 0.